The Morgan fingerprint density at radius 3 is 2.42 bits per heavy atom. The van der Waals surface area contributed by atoms with Crippen LogP contribution in [0.5, 0.6) is 0 Å². The average Bonchev–Trinajstić information content (AvgIpc) is 2.67. The van der Waals surface area contributed by atoms with Gasteiger partial charge in [0.25, 0.3) is 0 Å². The van der Waals surface area contributed by atoms with Crippen molar-refractivity contribution in [3.05, 3.63) is 0 Å². The third kappa shape index (κ3) is 4.40. The standard InChI is InChI=1S/C14H27N3O2/c1-4-14(5-2)7-6-9-17(10-8-14)12(18)11-16-13(19)15-3/h4-11H2,1-3H3,(H2,15,16,19). The summed E-state index contributed by atoms with van der Waals surface area (Å²) in [5.41, 5.74) is 0.406. The molecule has 1 aliphatic heterocycles. The Morgan fingerprint density at radius 2 is 1.84 bits per heavy atom. The minimum absolute atomic E-state index is 0.0200. The van der Waals surface area contributed by atoms with Gasteiger partial charge < -0.3 is 15.5 Å². The van der Waals surface area contributed by atoms with Crippen LogP contribution in [0.2, 0.25) is 0 Å². The first-order valence-corrected chi connectivity index (χ1v) is 7.30. The van der Waals surface area contributed by atoms with Crippen molar-refractivity contribution in [1.29, 1.82) is 0 Å². The van der Waals surface area contributed by atoms with Gasteiger partial charge >= 0.3 is 6.03 Å². The van der Waals surface area contributed by atoms with Crippen molar-refractivity contribution < 1.29 is 9.59 Å². The number of urea groups is 1. The first-order valence-electron chi connectivity index (χ1n) is 7.30. The molecule has 1 heterocycles. The lowest BCUT2D eigenvalue weighted by Crippen LogP contribution is -2.43. The van der Waals surface area contributed by atoms with Gasteiger partial charge in [0.05, 0.1) is 6.54 Å². The number of hydrogen-bond donors (Lipinski definition) is 2. The van der Waals surface area contributed by atoms with Gasteiger partial charge in [-0.2, -0.15) is 0 Å². The summed E-state index contributed by atoms with van der Waals surface area (Å²) in [7, 11) is 1.54. The van der Waals surface area contributed by atoms with Crippen LogP contribution in [-0.2, 0) is 4.79 Å². The van der Waals surface area contributed by atoms with E-state index in [1.165, 1.54) is 19.3 Å². The van der Waals surface area contributed by atoms with Crippen molar-refractivity contribution in [2.75, 3.05) is 26.7 Å². The van der Waals surface area contributed by atoms with E-state index in [9.17, 15) is 9.59 Å². The molecule has 0 unspecified atom stereocenters. The lowest BCUT2D eigenvalue weighted by atomic mass is 9.76. The molecule has 0 bridgehead atoms. The highest BCUT2D eigenvalue weighted by molar-refractivity contribution is 5.83. The monoisotopic (exact) mass is 269 g/mol. The summed E-state index contributed by atoms with van der Waals surface area (Å²) in [6.45, 7) is 6.21. The number of hydrogen-bond acceptors (Lipinski definition) is 2. The van der Waals surface area contributed by atoms with E-state index in [1.54, 1.807) is 7.05 Å². The molecule has 1 fully saturated rings. The van der Waals surface area contributed by atoms with Gasteiger partial charge in [0.1, 0.15) is 0 Å². The smallest absolute Gasteiger partial charge is 0.314 e. The number of carbonyl (C=O) groups is 2. The maximum atomic E-state index is 12.0. The molecule has 0 aromatic carbocycles. The summed E-state index contributed by atoms with van der Waals surface area (Å²) in [6, 6.07) is -0.306. The van der Waals surface area contributed by atoms with Crippen LogP contribution in [0.15, 0.2) is 0 Å². The fourth-order valence-corrected chi connectivity index (χ4v) is 2.82. The summed E-state index contributed by atoms with van der Waals surface area (Å²) in [6.07, 6.45) is 5.70. The fraction of sp³-hybridized carbons (Fsp3) is 0.857. The molecule has 1 rings (SSSR count). The van der Waals surface area contributed by atoms with Gasteiger partial charge in [-0.3, -0.25) is 4.79 Å². The zero-order valence-corrected chi connectivity index (χ0v) is 12.4. The van der Waals surface area contributed by atoms with Crippen LogP contribution in [0.1, 0.15) is 46.0 Å². The van der Waals surface area contributed by atoms with Crippen LogP contribution in [-0.4, -0.2) is 43.5 Å². The van der Waals surface area contributed by atoms with Crippen molar-refractivity contribution in [2.24, 2.45) is 5.41 Å². The lowest BCUT2D eigenvalue weighted by Gasteiger charge is -2.30. The Morgan fingerprint density at radius 1 is 1.16 bits per heavy atom. The molecule has 0 radical (unpaired) electrons. The largest absolute Gasteiger partial charge is 0.341 e. The Labute approximate surface area is 116 Å². The van der Waals surface area contributed by atoms with E-state index >= 15 is 0 Å². The molecular weight excluding hydrogens is 242 g/mol. The Kier molecular flexibility index (Phi) is 6.12. The SMILES string of the molecule is CCC1(CC)CCCN(C(=O)CNC(=O)NC)CC1. The highest BCUT2D eigenvalue weighted by Gasteiger charge is 2.30. The number of likely N-dealkylation sites (tertiary alicyclic amines) is 1. The average molecular weight is 269 g/mol. The minimum atomic E-state index is -0.306. The summed E-state index contributed by atoms with van der Waals surface area (Å²) < 4.78 is 0. The summed E-state index contributed by atoms with van der Waals surface area (Å²) >= 11 is 0. The third-order valence-electron chi connectivity index (χ3n) is 4.53. The molecule has 0 aromatic heterocycles. The van der Waals surface area contributed by atoms with E-state index in [4.69, 9.17) is 0 Å². The van der Waals surface area contributed by atoms with Gasteiger partial charge in [0, 0.05) is 20.1 Å². The molecule has 1 aliphatic rings. The van der Waals surface area contributed by atoms with Crippen molar-refractivity contribution in [3.63, 3.8) is 0 Å². The fourth-order valence-electron chi connectivity index (χ4n) is 2.82. The molecule has 0 aromatic rings. The van der Waals surface area contributed by atoms with Crippen molar-refractivity contribution in [1.82, 2.24) is 15.5 Å². The van der Waals surface area contributed by atoms with Crippen molar-refractivity contribution >= 4 is 11.9 Å². The summed E-state index contributed by atoms with van der Waals surface area (Å²) in [5, 5.41) is 5.00. The van der Waals surface area contributed by atoms with E-state index in [1.807, 2.05) is 4.90 Å². The molecule has 19 heavy (non-hydrogen) atoms. The number of amides is 3. The quantitative estimate of drug-likeness (QED) is 0.816. The molecule has 5 heteroatoms. The van der Waals surface area contributed by atoms with Crippen LogP contribution >= 0.6 is 0 Å². The van der Waals surface area contributed by atoms with Gasteiger partial charge in [-0.05, 0) is 24.7 Å². The van der Waals surface area contributed by atoms with E-state index in [2.05, 4.69) is 24.5 Å². The zero-order valence-electron chi connectivity index (χ0n) is 12.4. The van der Waals surface area contributed by atoms with Crippen molar-refractivity contribution in [3.8, 4) is 0 Å². The minimum Gasteiger partial charge on any atom is -0.341 e. The van der Waals surface area contributed by atoms with Crippen LogP contribution in [0.25, 0.3) is 0 Å². The molecule has 2 N–H and O–H groups in total. The first kappa shape index (κ1) is 15.8. The summed E-state index contributed by atoms with van der Waals surface area (Å²) in [4.78, 5) is 25.0. The third-order valence-corrected chi connectivity index (χ3v) is 4.53. The van der Waals surface area contributed by atoms with Crippen LogP contribution in [0, 0.1) is 5.41 Å². The van der Waals surface area contributed by atoms with Gasteiger partial charge in [0.15, 0.2) is 0 Å². The molecule has 0 spiro atoms. The maximum absolute atomic E-state index is 12.0. The predicted molar refractivity (Wildman–Crippen MR) is 75.9 cm³/mol. The van der Waals surface area contributed by atoms with E-state index in [0.717, 1.165) is 25.9 Å². The van der Waals surface area contributed by atoms with Crippen LogP contribution in [0.4, 0.5) is 4.79 Å². The van der Waals surface area contributed by atoms with Crippen molar-refractivity contribution in [2.45, 2.75) is 46.0 Å². The van der Waals surface area contributed by atoms with E-state index in [-0.39, 0.29) is 18.5 Å². The lowest BCUT2D eigenvalue weighted by molar-refractivity contribution is -0.130. The molecule has 0 aliphatic carbocycles. The summed E-state index contributed by atoms with van der Waals surface area (Å²) in [5.74, 6) is 0.0200. The molecule has 5 nitrogen and oxygen atoms in total. The Hall–Kier alpha value is -1.26. The molecular formula is C14H27N3O2. The van der Waals surface area contributed by atoms with Crippen LogP contribution in [0.3, 0.4) is 0 Å². The molecule has 1 saturated heterocycles. The second-order valence-corrected chi connectivity index (χ2v) is 5.37. The number of carbonyl (C=O) groups excluding carboxylic acids is 2. The zero-order chi connectivity index (χ0) is 14.3. The van der Waals surface area contributed by atoms with E-state index < -0.39 is 0 Å². The Balaban J connectivity index is 2.48. The highest BCUT2D eigenvalue weighted by atomic mass is 16.2. The first-order chi connectivity index (χ1) is 9.06. The normalized spacial score (nSPS) is 18.6. The van der Waals surface area contributed by atoms with Gasteiger partial charge in [-0.15, -0.1) is 0 Å². The van der Waals surface area contributed by atoms with Gasteiger partial charge in [-0.1, -0.05) is 26.7 Å². The molecule has 3 amide bonds. The predicted octanol–water partition coefficient (Wildman–Crippen LogP) is 1.73. The highest BCUT2D eigenvalue weighted by Crippen LogP contribution is 2.37. The molecule has 0 atom stereocenters. The maximum Gasteiger partial charge on any atom is 0.314 e. The van der Waals surface area contributed by atoms with Gasteiger partial charge in [-0.25, -0.2) is 4.79 Å². The second kappa shape index (κ2) is 7.36. The number of nitrogens with zero attached hydrogens (tertiary/aromatic N) is 1. The molecule has 110 valence electrons. The molecule has 0 saturated carbocycles. The number of rotatable bonds is 4. The van der Waals surface area contributed by atoms with Crippen LogP contribution < -0.4 is 10.6 Å². The van der Waals surface area contributed by atoms with Gasteiger partial charge in [0.2, 0.25) is 5.91 Å². The second-order valence-electron chi connectivity index (χ2n) is 5.37. The number of nitrogens with one attached hydrogen (secondary N) is 2. The van der Waals surface area contributed by atoms with E-state index in [0.29, 0.717) is 5.41 Å². The topological polar surface area (TPSA) is 61.4 Å². The Bertz CT molecular complexity index is 314.